The van der Waals surface area contributed by atoms with Crippen molar-refractivity contribution >= 4 is 22.6 Å². The highest BCUT2D eigenvalue weighted by atomic mass is 35.5. The second-order valence-corrected chi connectivity index (χ2v) is 7.33. The van der Waals surface area contributed by atoms with E-state index in [1.54, 1.807) is 0 Å². The first-order valence-corrected chi connectivity index (χ1v) is 8.15. The van der Waals surface area contributed by atoms with Crippen LogP contribution in [0.2, 0.25) is 5.02 Å². The first-order valence-electron chi connectivity index (χ1n) is 6.56. The van der Waals surface area contributed by atoms with Crippen LogP contribution in [0.25, 0.3) is 0 Å². The van der Waals surface area contributed by atoms with Gasteiger partial charge in [-0.25, -0.2) is 8.93 Å². The van der Waals surface area contributed by atoms with Gasteiger partial charge in [-0.05, 0) is 44.4 Å². The molecular formula is C14H20ClNO2S. The average Bonchev–Trinajstić information content (AvgIpc) is 2.40. The number of benzene rings is 1. The van der Waals surface area contributed by atoms with Crippen LogP contribution >= 0.6 is 11.6 Å². The largest absolute Gasteiger partial charge is 0.381 e. The van der Waals surface area contributed by atoms with Crippen molar-refractivity contribution in [3.63, 3.8) is 0 Å². The van der Waals surface area contributed by atoms with Gasteiger partial charge >= 0.3 is 0 Å². The van der Waals surface area contributed by atoms with E-state index in [0.717, 1.165) is 23.4 Å². The Hall–Kier alpha value is -0.420. The first-order chi connectivity index (χ1) is 9.03. The van der Waals surface area contributed by atoms with Crippen LogP contribution in [0.4, 0.5) is 0 Å². The zero-order valence-corrected chi connectivity index (χ0v) is 12.9. The molecule has 19 heavy (non-hydrogen) atoms. The van der Waals surface area contributed by atoms with Crippen LogP contribution in [0.3, 0.4) is 0 Å². The Morgan fingerprint density at radius 1 is 1.26 bits per heavy atom. The summed E-state index contributed by atoms with van der Waals surface area (Å²) in [6.45, 7) is 5.28. The van der Waals surface area contributed by atoms with Crippen molar-refractivity contribution < 1.29 is 8.95 Å². The molecular weight excluding hydrogens is 282 g/mol. The van der Waals surface area contributed by atoms with E-state index in [2.05, 4.69) is 4.72 Å². The lowest BCUT2D eigenvalue weighted by Gasteiger charge is -2.38. The van der Waals surface area contributed by atoms with Gasteiger partial charge in [0.2, 0.25) is 0 Å². The number of rotatable bonds is 4. The molecule has 1 aromatic rings. The van der Waals surface area contributed by atoms with Crippen molar-refractivity contribution in [1.29, 1.82) is 0 Å². The lowest BCUT2D eigenvalue weighted by Crippen LogP contribution is -2.48. The standard InChI is InChI=1S/C14H20ClNO2S/c1-11(2)19(17)16-14(7-9-18-10-8-14)12-3-5-13(15)6-4-12/h3-6,11,16H,7-10H2,1-2H3. The summed E-state index contributed by atoms with van der Waals surface area (Å²) in [5.41, 5.74) is 0.868. The van der Waals surface area contributed by atoms with Crippen LogP contribution in [-0.4, -0.2) is 22.7 Å². The van der Waals surface area contributed by atoms with Crippen molar-refractivity contribution in [2.75, 3.05) is 13.2 Å². The minimum Gasteiger partial charge on any atom is -0.381 e. The monoisotopic (exact) mass is 301 g/mol. The molecule has 1 atom stereocenters. The Balaban J connectivity index is 2.28. The Bertz CT molecular complexity index is 441. The lowest BCUT2D eigenvalue weighted by atomic mass is 9.84. The van der Waals surface area contributed by atoms with Crippen LogP contribution in [0.5, 0.6) is 0 Å². The van der Waals surface area contributed by atoms with Crippen molar-refractivity contribution in [3.05, 3.63) is 34.9 Å². The van der Waals surface area contributed by atoms with Gasteiger partial charge in [-0.2, -0.15) is 0 Å². The van der Waals surface area contributed by atoms with Crippen LogP contribution in [0.1, 0.15) is 32.3 Å². The van der Waals surface area contributed by atoms with E-state index >= 15 is 0 Å². The summed E-state index contributed by atoms with van der Waals surface area (Å²) in [7, 11) is -1.05. The van der Waals surface area contributed by atoms with Crippen molar-refractivity contribution in [1.82, 2.24) is 4.72 Å². The van der Waals surface area contributed by atoms with E-state index in [9.17, 15) is 4.21 Å². The number of hydrogen-bond donors (Lipinski definition) is 1. The van der Waals surface area contributed by atoms with Gasteiger partial charge in [0.25, 0.3) is 0 Å². The quantitative estimate of drug-likeness (QED) is 0.928. The first kappa shape index (κ1) is 15.0. The van der Waals surface area contributed by atoms with E-state index in [0.29, 0.717) is 13.2 Å². The van der Waals surface area contributed by atoms with Crippen molar-refractivity contribution in [3.8, 4) is 0 Å². The van der Waals surface area contributed by atoms with Crippen molar-refractivity contribution in [2.24, 2.45) is 0 Å². The van der Waals surface area contributed by atoms with Gasteiger partial charge in [-0.1, -0.05) is 23.7 Å². The highest BCUT2D eigenvalue weighted by Gasteiger charge is 2.36. The molecule has 0 bridgehead atoms. The molecule has 1 aliphatic heterocycles. The molecule has 1 unspecified atom stereocenters. The summed E-state index contributed by atoms with van der Waals surface area (Å²) in [5, 5.41) is 0.808. The summed E-state index contributed by atoms with van der Waals surface area (Å²) in [5.74, 6) is 0. The molecule has 0 spiro atoms. The Morgan fingerprint density at radius 3 is 2.37 bits per heavy atom. The maximum Gasteiger partial charge on any atom is 0.0949 e. The van der Waals surface area contributed by atoms with Gasteiger partial charge in [0.15, 0.2) is 0 Å². The van der Waals surface area contributed by atoms with Gasteiger partial charge in [0, 0.05) is 23.5 Å². The predicted molar refractivity (Wildman–Crippen MR) is 79.6 cm³/mol. The molecule has 1 aliphatic rings. The molecule has 1 heterocycles. The number of ether oxygens (including phenoxy) is 1. The van der Waals surface area contributed by atoms with Crippen molar-refractivity contribution in [2.45, 2.75) is 37.5 Å². The fourth-order valence-electron chi connectivity index (χ4n) is 2.25. The maximum atomic E-state index is 12.2. The molecule has 106 valence electrons. The maximum absolute atomic E-state index is 12.2. The van der Waals surface area contributed by atoms with Gasteiger partial charge in [0.05, 0.1) is 16.5 Å². The van der Waals surface area contributed by atoms with Crippen LogP contribution < -0.4 is 4.72 Å². The topological polar surface area (TPSA) is 38.3 Å². The fourth-order valence-corrected chi connectivity index (χ4v) is 3.32. The average molecular weight is 302 g/mol. The molecule has 0 amide bonds. The van der Waals surface area contributed by atoms with Gasteiger partial charge in [-0.3, -0.25) is 0 Å². The number of hydrogen-bond acceptors (Lipinski definition) is 2. The van der Waals surface area contributed by atoms with E-state index in [4.69, 9.17) is 16.3 Å². The normalized spacial score (nSPS) is 20.4. The zero-order chi connectivity index (χ0) is 13.9. The molecule has 0 saturated carbocycles. The molecule has 1 aromatic carbocycles. The molecule has 0 aromatic heterocycles. The fraction of sp³-hybridized carbons (Fsp3) is 0.571. The van der Waals surface area contributed by atoms with Gasteiger partial charge < -0.3 is 4.74 Å². The molecule has 1 N–H and O–H groups in total. The van der Waals surface area contributed by atoms with E-state index in [1.165, 1.54) is 0 Å². The van der Waals surface area contributed by atoms with Gasteiger partial charge in [0.1, 0.15) is 0 Å². The molecule has 0 radical (unpaired) electrons. The van der Waals surface area contributed by atoms with Crippen LogP contribution in [0, 0.1) is 0 Å². The summed E-state index contributed by atoms with van der Waals surface area (Å²) < 4.78 is 21.0. The summed E-state index contributed by atoms with van der Waals surface area (Å²) in [6, 6.07) is 7.79. The third kappa shape index (κ3) is 3.57. The molecule has 2 rings (SSSR count). The van der Waals surface area contributed by atoms with E-state index in [-0.39, 0.29) is 10.8 Å². The minimum atomic E-state index is -1.05. The van der Waals surface area contributed by atoms with Crippen LogP contribution in [-0.2, 0) is 21.3 Å². The predicted octanol–water partition coefficient (Wildman–Crippen LogP) is 3.01. The zero-order valence-electron chi connectivity index (χ0n) is 11.3. The van der Waals surface area contributed by atoms with Crippen LogP contribution in [0.15, 0.2) is 24.3 Å². The molecule has 1 saturated heterocycles. The third-order valence-corrected chi connectivity index (χ3v) is 5.17. The van der Waals surface area contributed by atoms with E-state index < -0.39 is 11.0 Å². The SMILES string of the molecule is CC(C)S(=O)NC1(c2ccc(Cl)cc2)CCOCC1. The Labute approximate surface area is 122 Å². The molecule has 3 nitrogen and oxygen atoms in total. The highest BCUT2D eigenvalue weighted by Crippen LogP contribution is 2.33. The number of halogens is 1. The summed E-state index contributed by atoms with van der Waals surface area (Å²) in [6.07, 6.45) is 1.65. The summed E-state index contributed by atoms with van der Waals surface area (Å²) >= 11 is 5.95. The minimum absolute atomic E-state index is 0.0898. The second kappa shape index (κ2) is 6.35. The highest BCUT2D eigenvalue weighted by molar-refractivity contribution is 7.83. The third-order valence-electron chi connectivity index (χ3n) is 3.47. The van der Waals surface area contributed by atoms with E-state index in [1.807, 2.05) is 38.1 Å². The van der Waals surface area contributed by atoms with Gasteiger partial charge in [-0.15, -0.1) is 0 Å². The smallest absolute Gasteiger partial charge is 0.0949 e. The Kier molecular flexibility index (Phi) is 5.01. The second-order valence-electron chi connectivity index (χ2n) is 5.15. The molecule has 1 fully saturated rings. The molecule has 0 aliphatic carbocycles. The number of nitrogens with one attached hydrogen (secondary N) is 1. The lowest BCUT2D eigenvalue weighted by molar-refractivity contribution is 0.0464. The summed E-state index contributed by atoms with van der Waals surface area (Å²) in [4.78, 5) is 0. The Morgan fingerprint density at radius 2 is 1.84 bits per heavy atom. The molecule has 5 heteroatoms.